The van der Waals surface area contributed by atoms with E-state index in [0.29, 0.717) is 13.2 Å². The summed E-state index contributed by atoms with van der Waals surface area (Å²) in [7, 11) is -3.09. The van der Waals surface area contributed by atoms with E-state index in [1.807, 2.05) is 6.07 Å². The molecule has 0 aromatic heterocycles. The molecule has 6 nitrogen and oxygen atoms in total. The lowest BCUT2D eigenvalue weighted by Gasteiger charge is -2.37. The first-order valence-electron chi connectivity index (χ1n) is 8.89. The van der Waals surface area contributed by atoms with Crippen LogP contribution >= 0.6 is 0 Å². The molecule has 0 spiro atoms. The lowest BCUT2D eigenvalue weighted by Crippen LogP contribution is -2.57. The molecular formula is C18H26N2O4S. The molecule has 0 bridgehead atoms. The summed E-state index contributed by atoms with van der Waals surface area (Å²) in [5.41, 5.74) is 2.77. The van der Waals surface area contributed by atoms with E-state index >= 15 is 0 Å². The van der Waals surface area contributed by atoms with Crippen LogP contribution in [0.1, 0.15) is 31.4 Å². The largest absolute Gasteiger partial charge is 0.492 e. The van der Waals surface area contributed by atoms with Gasteiger partial charge in [-0.2, -0.15) is 0 Å². The van der Waals surface area contributed by atoms with E-state index in [4.69, 9.17) is 4.74 Å². The van der Waals surface area contributed by atoms with E-state index in [9.17, 15) is 13.2 Å². The van der Waals surface area contributed by atoms with Crippen molar-refractivity contribution in [2.45, 2.75) is 44.4 Å². The first kappa shape index (κ1) is 18.0. The quantitative estimate of drug-likeness (QED) is 0.824. The predicted octanol–water partition coefficient (Wildman–Crippen LogP) is 1.77. The van der Waals surface area contributed by atoms with Gasteiger partial charge in [-0.15, -0.1) is 0 Å². The summed E-state index contributed by atoms with van der Waals surface area (Å²) in [6.45, 7) is 4.46. The van der Waals surface area contributed by atoms with Crippen molar-refractivity contribution in [3.63, 3.8) is 0 Å². The zero-order chi connectivity index (χ0) is 18.0. The Morgan fingerprint density at radius 2 is 2.04 bits per heavy atom. The monoisotopic (exact) mass is 366 g/mol. The highest BCUT2D eigenvalue weighted by Crippen LogP contribution is 2.26. The number of aryl methyl sites for hydroxylation is 2. The highest BCUT2D eigenvalue weighted by molar-refractivity contribution is 7.92. The van der Waals surface area contributed by atoms with Gasteiger partial charge in [-0.05, 0) is 56.4 Å². The SMILES string of the molecule is C[C@H]1[C@H](C)S(=O)(=O)CCN1C(=O)NCCOc1ccc2c(c1)CCC2. The summed E-state index contributed by atoms with van der Waals surface area (Å²) in [4.78, 5) is 13.9. The van der Waals surface area contributed by atoms with E-state index < -0.39 is 15.1 Å². The highest BCUT2D eigenvalue weighted by atomic mass is 32.2. The van der Waals surface area contributed by atoms with Crippen molar-refractivity contribution in [3.05, 3.63) is 29.3 Å². The second-order valence-corrected chi connectivity index (χ2v) is 9.35. The molecule has 1 heterocycles. The summed E-state index contributed by atoms with van der Waals surface area (Å²) in [5.74, 6) is 0.860. The minimum atomic E-state index is -3.09. The topological polar surface area (TPSA) is 75.7 Å². The lowest BCUT2D eigenvalue weighted by atomic mass is 10.1. The molecule has 0 radical (unpaired) electrons. The van der Waals surface area contributed by atoms with E-state index in [0.717, 1.165) is 18.6 Å². The van der Waals surface area contributed by atoms with Crippen LogP contribution in [-0.4, -0.2) is 56.1 Å². The summed E-state index contributed by atoms with van der Waals surface area (Å²) >= 11 is 0. The number of hydrogen-bond acceptors (Lipinski definition) is 4. The van der Waals surface area contributed by atoms with Crippen LogP contribution in [0.3, 0.4) is 0 Å². The van der Waals surface area contributed by atoms with E-state index in [1.54, 1.807) is 18.7 Å². The Hall–Kier alpha value is -1.76. The van der Waals surface area contributed by atoms with Crippen molar-refractivity contribution in [2.75, 3.05) is 25.4 Å². The molecular weight excluding hydrogens is 340 g/mol. The maximum atomic E-state index is 12.3. The third-order valence-electron chi connectivity index (χ3n) is 5.33. The van der Waals surface area contributed by atoms with Crippen LogP contribution in [0.2, 0.25) is 0 Å². The van der Waals surface area contributed by atoms with Crippen LogP contribution in [0, 0.1) is 0 Å². The Morgan fingerprint density at radius 1 is 1.28 bits per heavy atom. The number of ether oxygens (including phenoxy) is 1. The molecule has 138 valence electrons. The maximum absolute atomic E-state index is 12.3. The number of rotatable bonds is 4. The number of amides is 2. The fourth-order valence-electron chi connectivity index (χ4n) is 3.52. The first-order valence-corrected chi connectivity index (χ1v) is 10.6. The standard InChI is InChI=1S/C18H26N2O4S/c1-13-14(2)25(22,23)11-9-20(13)18(21)19-8-10-24-17-7-6-15-4-3-5-16(15)12-17/h6-7,12-14H,3-5,8-11H2,1-2H3,(H,19,21)/t13-,14-/m0/s1. The van der Waals surface area contributed by atoms with E-state index in [1.165, 1.54) is 17.5 Å². The molecule has 0 unspecified atom stereocenters. The third-order valence-corrected chi connectivity index (χ3v) is 7.61. The molecule has 2 atom stereocenters. The average molecular weight is 366 g/mol. The van der Waals surface area contributed by atoms with Crippen molar-refractivity contribution in [3.8, 4) is 5.75 Å². The molecule has 3 rings (SSSR count). The van der Waals surface area contributed by atoms with Gasteiger partial charge in [0.25, 0.3) is 0 Å². The summed E-state index contributed by atoms with van der Waals surface area (Å²) < 4.78 is 29.5. The fourth-order valence-corrected chi connectivity index (χ4v) is 5.09. The van der Waals surface area contributed by atoms with Crippen molar-refractivity contribution >= 4 is 15.9 Å². The Labute approximate surface area is 149 Å². The second-order valence-electron chi connectivity index (χ2n) is 6.87. The van der Waals surface area contributed by atoms with Crippen molar-refractivity contribution in [1.29, 1.82) is 0 Å². The number of nitrogens with one attached hydrogen (secondary N) is 1. The minimum Gasteiger partial charge on any atom is -0.492 e. The first-order chi connectivity index (χ1) is 11.9. The van der Waals surface area contributed by atoms with Gasteiger partial charge in [-0.1, -0.05) is 6.07 Å². The molecule has 25 heavy (non-hydrogen) atoms. The second kappa shape index (κ2) is 7.23. The maximum Gasteiger partial charge on any atom is 0.317 e. The molecule has 1 aliphatic heterocycles. The molecule has 1 fully saturated rings. The molecule has 2 amide bonds. The van der Waals surface area contributed by atoms with Crippen LogP contribution in [0.4, 0.5) is 4.79 Å². The molecule has 1 aromatic carbocycles. The van der Waals surface area contributed by atoms with Crippen LogP contribution in [0.5, 0.6) is 5.75 Å². The highest BCUT2D eigenvalue weighted by Gasteiger charge is 2.37. The zero-order valence-corrected chi connectivity index (χ0v) is 15.6. The van der Waals surface area contributed by atoms with E-state index in [-0.39, 0.29) is 24.4 Å². The molecule has 1 aromatic rings. The normalized spacial score (nSPS) is 24.6. The molecule has 7 heteroatoms. The zero-order valence-electron chi connectivity index (χ0n) is 14.8. The third kappa shape index (κ3) is 3.92. The lowest BCUT2D eigenvalue weighted by molar-refractivity contribution is 0.175. The minimum absolute atomic E-state index is 0.0253. The van der Waals surface area contributed by atoms with Crippen LogP contribution in [0.25, 0.3) is 0 Å². The Balaban J connectivity index is 1.45. The fraction of sp³-hybridized carbons (Fsp3) is 0.611. The number of carbonyl (C=O) groups excluding carboxylic acids is 1. The van der Waals surface area contributed by atoms with Gasteiger partial charge >= 0.3 is 6.03 Å². The van der Waals surface area contributed by atoms with Gasteiger partial charge in [0, 0.05) is 12.6 Å². The Bertz CT molecular complexity index is 747. The van der Waals surface area contributed by atoms with Gasteiger partial charge in [-0.3, -0.25) is 0 Å². The predicted molar refractivity (Wildman–Crippen MR) is 96.8 cm³/mol. The Kier molecular flexibility index (Phi) is 5.22. The summed E-state index contributed by atoms with van der Waals surface area (Å²) in [5, 5.41) is 2.29. The number of urea groups is 1. The molecule has 1 aliphatic carbocycles. The van der Waals surface area contributed by atoms with Crippen molar-refractivity contribution in [1.82, 2.24) is 10.2 Å². The van der Waals surface area contributed by atoms with Gasteiger partial charge in [0.05, 0.1) is 17.5 Å². The summed E-state index contributed by atoms with van der Waals surface area (Å²) in [6.07, 6.45) is 3.46. The molecule has 1 saturated heterocycles. The van der Waals surface area contributed by atoms with Crippen LogP contribution in [0.15, 0.2) is 18.2 Å². The number of hydrogen-bond donors (Lipinski definition) is 1. The average Bonchev–Trinajstić information content (AvgIpc) is 3.04. The molecule has 2 aliphatic rings. The van der Waals surface area contributed by atoms with Gasteiger partial charge < -0.3 is 15.0 Å². The van der Waals surface area contributed by atoms with E-state index in [2.05, 4.69) is 17.4 Å². The number of sulfone groups is 1. The summed E-state index contributed by atoms with van der Waals surface area (Å²) in [6, 6.07) is 5.63. The van der Waals surface area contributed by atoms with Gasteiger partial charge in [0.1, 0.15) is 12.4 Å². The van der Waals surface area contributed by atoms with Gasteiger partial charge in [0.15, 0.2) is 9.84 Å². The smallest absolute Gasteiger partial charge is 0.317 e. The van der Waals surface area contributed by atoms with Crippen LogP contribution in [-0.2, 0) is 22.7 Å². The number of nitrogens with zero attached hydrogens (tertiary/aromatic N) is 1. The van der Waals surface area contributed by atoms with Gasteiger partial charge in [-0.25, -0.2) is 13.2 Å². The van der Waals surface area contributed by atoms with Crippen molar-refractivity contribution in [2.24, 2.45) is 0 Å². The van der Waals surface area contributed by atoms with Gasteiger partial charge in [0.2, 0.25) is 0 Å². The number of benzene rings is 1. The molecule has 1 N–H and O–H groups in total. The number of carbonyl (C=O) groups is 1. The van der Waals surface area contributed by atoms with Crippen LogP contribution < -0.4 is 10.1 Å². The Morgan fingerprint density at radius 3 is 2.84 bits per heavy atom. The number of fused-ring (bicyclic) bond motifs is 1. The molecule has 0 saturated carbocycles. The van der Waals surface area contributed by atoms with Crippen molar-refractivity contribution < 1.29 is 17.9 Å².